The molecule has 1 saturated heterocycles. The molecular formula is C17H29NO6S. The van der Waals surface area contributed by atoms with Gasteiger partial charge in [0.05, 0.1) is 23.1 Å². The van der Waals surface area contributed by atoms with Crippen LogP contribution in [-0.4, -0.2) is 47.3 Å². The van der Waals surface area contributed by atoms with Gasteiger partial charge in [-0.3, -0.25) is 14.4 Å². The largest absolute Gasteiger partial charge is 0.457 e. The summed E-state index contributed by atoms with van der Waals surface area (Å²) in [6.07, 6.45) is -2.51. The molecule has 4 atom stereocenters. The number of nitrogens with two attached hydrogens (primary N) is 1. The highest BCUT2D eigenvalue weighted by atomic mass is 32.2. The summed E-state index contributed by atoms with van der Waals surface area (Å²) in [4.78, 5) is 36.1. The number of carbonyl (C=O) groups excluding carboxylic acids is 3. The van der Waals surface area contributed by atoms with Gasteiger partial charge in [-0.1, -0.05) is 41.5 Å². The van der Waals surface area contributed by atoms with Crippen LogP contribution < -0.4 is 5.73 Å². The second-order valence-electron chi connectivity index (χ2n) is 7.04. The third-order valence-electron chi connectivity index (χ3n) is 3.65. The zero-order valence-corrected chi connectivity index (χ0v) is 16.5. The molecule has 0 aromatic carbocycles. The molecule has 25 heavy (non-hydrogen) atoms. The Morgan fingerprint density at radius 2 is 1.20 bits per heavy atom. The topological polar surface area (TPSA) is 105 Å². The zero-order valence-electron chi connectivity index (χ0n) is 15.7. The molecule has 8 heteroatoms. The SMILES string of the molecule is CC(C)C(=O)O[C@@H]1[C@@H](OC(=O)C(C)C)[C@H](OC(=O)C(C)C)CS[C@H]1N. The Bertz CT molecular complexity index is 494. The first-order valence-corrected chi connectivity index (χ1v) is 9.58. The van der Waals surface area contributed by atoms with E-state index in [0.29, 0.717) is 5.75 Å². The molecule has 0 amide bonds. The van der Waals surface area contributed by atoms with Crippen LogP contribution in [0.4, 0.5) is 0 Å². The van der Waals surface area contributed by atoms with Crippen molar-refractivity contribution in [3.8, 4) is 0 Å². The lowest BCUT2D eigenvalue weighted by atomic mass is 10.1. The number of hydrogen-bond donors (Lipinski definition) is 1. The number of rotatable bonds is 6. The maximum absolute atomic E-state index is 12.1. The molecule has 0 radical (unpaired) electrons. The van der Waals surface area contributed by atoms with E-state index in [2.05, 4.69) is 0 Å². The van der Waals surface area contributed by atoms with E-state index in [9.17, 15) is 14.4 Å². The number of thioether (sulfide) groups is 1. The summed E-state index contributed by atoms with van der Waals surface area (Å²) in [7, 11) is 0. The zero-order chi connectivity index (χ0) is 19.3. The van der Waals surface area contributed by atoms with E-state index in [1.807, 2.05) is 0 Å². The molecule has 0 bridgehead atoms. The third kappa shape index (κ3) is 6.18. The van der Waals surface area contributed by atoms with Crippen molar-refractivity contribution in [1.82, 2.24) is 0 Å². The molecule has 0 aromatic rings. The Morgan fingerprint density at radius 1 is 0.800 bits per heavy atom. The quantitative estimate of drug-likeness (QED) is 0.553. The lowest BCUT2D eigenvalue weighted by molar-refractivity contribution is -0.189. The minimum atomic E-state index is -0.920. The fourth-order valence-electron chi connectivity index (χ4n) is 2.00. The maximum atomic E-state index is 12.1. The summed E-state index contributed by atoms with van der Waals surface area (Å²) in [6.45, 7) is 10.2. The van der Waals surface area contributed by atoms with Gasteiger partial charge in [0.1, 0.15) is 0 Å². The van der Waals surface area contributed by atoms with Crippen LogP contribution in [0.3, 0.4) is 0 Å². The summed E-state index contributed by atoms with van der Waals surface area (Å²) in [5, 5.41) is -0.568. The van der Waals surface area contributed by atoms with Crippen molar-refractivity contribution < 1.29 is 28.6 Å². The first kappa shape index (κ1) is 21.8. The van der Waals surface area contributed by atoms with Crippen LogP contribution in [0.5, 0.6) is 0 Å². The van der Waals surface area contributed by atoms with Crippen molar-refractivity contribution in [2.24, 2.45) is 23.5 Å². The molecule has 0 unspecified atom stereocenters. The Kier molecular flexibility index (Phi) is 8.21. The van der Waals surface area contributed by atoms with Crippen molar-refractivity contribution in [2.75, 3.05) is 5.75 Å². The number of hydrogen-bond acceptors (Lipinski definition) is 8. The monoisotopic (exact) mass is 375 g/mol. The van der Waals surface area contributed by atoms with Gasteiger partial charge in [-0.25, -0.2) is 0 Å². The van der Waals surface area contributed by atoms with Gasteiger partial charge < -0.3 is 19.9 Å². The summed E-state index contributed by atoms with van der Waals surface area (Å²) < 4.78 is 16.5. The Morgan fingerprint density at radius 3 is 1.64 bits per heavy atom. The van der Waals surface area contributed by atoms with Crippen LogP contribution in [0, 0.1) is 17.8 Å². The minimum absolute atomic E-state index is 0.321. The van der Waals surface area contributed by atoms with Gasteiger partial charge >= 0.3 is 17.9 Å². The van der Waals surface area contributed by atoms with Crippen molar-refractivity contribution in [3.63, 3.8) is 0 Å². The van der Waals surface area contributed by atoms with Crippen LogP contribution in [0.15, 0.2) is 0 Å². The van der Waals surface area contributed by atoms with E-state index in [4.69, 9.17) is 19.9 Å². The summed E-state index contributed by atoms with van der Waals surface area (Å²) in [5.74, 6) is -1.97. The molecule has 0 spiro atoms. The first-order chi connectivity index (χ1) is 11.5. The second kappa shape index (κ2) is 9.43. The summed E-state index contributed by atoms with van der Waals surface area (Å²) in [5.41, 5.74) is 6.08. The molecule has 1 rings (SSSR count). The van der Waals surface area contributed by atoms with E-state index in [-0.39, 0.29) is 17.8 Å². The van der Waals surface area contributed by atoms with Gasteiger partial charge in [0.15, 0.2) is 18.3 Å². The van der Waals surface area contributed by atoms with Gasteiger partial charge in [0.2, 0.25) is 0 Å². The average Bonchev–Trinajstić information content (AvgIpc) is 2.52. The molecule has 1 aliphatic rings. The third-order valence-corrected chi connectivity index (χ3v) is 4.83. The second-order valence-corrected chi connectivity index (χ2v) is 8.25. The number of carbonyl (C=O) groups is 3. The highest BCUT2D eigenvalue weighted by Gasteiger charge is 2.46. The Labute approximate surface area is 153 Å². The standard InChI is InChI=1S/C17H29NO6S/c1-8(2)15(19)22-11-7-25-14(18)13(24-17(21)10(5)6)12(11)23-16(20)9(3)4/h8-14H,7,18H2,1-6H3/t11-,12+,13-,14-/m1/s1. The van der Waals surface area contributed by atoms with Crippen LogP contribution >= 0.6 is 11.8 Å². The van der Waals surface area contributed by atoms with Gasteiger partial charge in [0, 0.05) is 5.75 Å². The normalized spacial score (nSPS) is 26.6. The molecule has 0 saturated carbocycles. The number of ether oxygens (including phenoxy) is 3. The molecule has 0 aliphatic carbocycles. The predicted octanol–water partition coefficient (Wildman–Crippen LogP) is 1.72. The fraction of sp³-hybridized carbons (Fsp3) is 0.824. The van der Waals surface area contributed by atoms with Crippen molar-refractivity contribution in [2.45, 2.75) is 65.2 Å². The van der Waals surface area contributed by atoms with Gasteiger partial charge in [0.25, 0.3) is 0 Å². The summed E-state index contributed by atoms with van der Waals surface area (Å²) in [6, 6.07) is 0. The lowest BCUT2D eigenvalue weighted by Crippen LogP contribution is -2.57. The minimum Gasteiger partial charge on any atom is -0.457 e. The molecule has 1 heterocycles. The van der Waals surface area contributed by atoms with E-state index < -0.39 is 41.6 Å². The molecule has 1 aliphatic heterocycles. The van der Waals surface area contributed by atoms with Crippen molar-refractivity contribution in [1.29, 1.82) is 0 Å². The van der Waals surface area contributed by atoms with E-state index >= 15 is 0 Å². The van der Waals surface area contributed by atoms with Crippen molar-refractivity contribution >= 4 is 29.7 Å². The molecule has 144 valence electrons. The molecular weight excluding hydrogens is 346 g/mol. The van der Waals surface area contributed by atoms with E-state index in [1.165, 1.54) is 11.8 Å². The van der Waals surface area contributed by atoms with E-state index in [0.717, 1.165) is 0 Å². The highest BCUT2D eigenvalue weighted by Crippen LogP contribution is 2.31. The van der Waals surface area contributed by atoms with Crippen LogP contribution in [0.25, 0.3) is 0 Å². The maximum Gasteiger partial charge on any atom is 0.308 e. The van der Waals surface area contributed by atoms with Gasteiger partial charge in [-0.2, -0.15) is 0 Å². The smallest absolute Gasteiger partial charge is 0.308 e. The molecule has 0 aromatic heterocycles. The van der Waals surface area contributed by atoms with Crippen LogP contribution in [0.2, 0.25) is 0 Å². The highest BCUT2D eigenvalue weighted by molar-refractivity contribution is 8.00. The molecule has 2 N–H and O–H groups in total. The Balaban J connectivity index is 3.03. The van der Waals surface area contributed by atoms with E-state index in [1.54, 1.807) is 41.5 Å². The lowest BCUT2D eigenvalue weighted by Gasteiger charge is -2.39. The molecule has 7 nitrogen and oxygen atoms in total. The average molecular weight is 375 g/mol. The van der Waals surface area contributed by atoms with Gasteiger partial charge in [-0.15, -0.1) is 11.8 Å². The van der Waals surface area contributed by atoms with Crippen molar-refractivity contribution in [3.05, 3.63) is 0 Å². The van der Waals surface area contributed by atoms with Gasteiger partial charge in [-0.05, 0) is 0 Å². The summed E-state index contributed by atoms with van der Waals surface area (Å²) >= 11 is 1.31. The first-order valence-electron chi connectivity index (χ1n) is 8.53. The fourth-order valence-corrected chi connectivity index (χ4v) is 3.07. The van der Waals surface area contributed by atoms with Crippen LogP contribution in [0.1, 0.15) is 41.5 Å². The van der Waals surface area contributed by atoms with Crippen LogP contribution in [-0.2, 0) is 28.6 Å². The predicted molar refractivity (Wildman–Crippen MR) is 94.6 cm³/mol. The number of esters is 3. The molecule has 1 fully saturated rings. The Hall–Kier alpha value is -1.28.